The van der Waals surface area contributed by atoms with E-state index in [0.29, 0.717) is 0 Å². The first-order chi connectivity index (χ1) is 10.3. The summed E-state index contributed by atoms with van der Waals surface area (Å²) in [6, 6.07) is 8.13. The highest BCUT2D eigenvalue weighted by Crippen LogP contribution is 2.34. The minimum atomic E-state index is -0.224. The lowest BCUT2D eigenvalue weighted by molar-refractivity contribution is 1.16. The van der Waals surface area contributed by atoms with Crippen molar-refractivity contribution in [1.82, 2.24) is 4.98 Å². The van der Waals surface area contributed by atoms with Crippen LogP contribution in [0.3, 0.4) is 0 Å². The van der Waals surface area contributed by atoms with E-state index in [-0.39, 0.29) is 5.38 Å². The number of allylic oxidation sites excluding steroid dienone is 4. The molecule has 0 fully saturated rings. The number of rotatable bonds is 3. The Morgan fingerprint density at radius 2 is 2.24 bits per heavy atom. The van der Waals surface area contributed by atoms with Gasteiger partial charge >= 0.3 is 0 Å². The molecule has 0 radical (unpaired) electrons. The summed E-state index contributed by atoms with van der Waals surface area (Å²) < 4.78 is 0. The Bertz CT molecular complexity index is 727. The van der Waals surface area contributed by atoms with Crippen LogP contribution < -0.4 is 0 Å². The molecule has 1 aromatic heterocycles. The fraction of sp³-hybridized carbons (Fsp3) is 0.211. The molecule has 2 heteroatoms. The van der Waals surface area contributed by atoms with Crippen molar-refractivity contribution in [2.24, 2.45) is 0 Å². The number of halogens is 1. The average molecular weight is 296 g/mol. The van der Waals surface area contributed by atoms with E-state index in [0.717, 1.165) is 28.3 Å². The lowest BCUT2D eigenvalue weighted by Crippen LogP contribution is -1.95. The average Bonchev–Trinajstić information content (AvgIpc) is 2.53. The second-order valence-electron chi connectivity index (χ2n) is 4.63. The van der Waals surface area contributed by atoms with Gasteiger partial charge in [0.2, 0.25) is 0 Å². The molecule has 1 heterocycles. The summed E-state index contributed by atoms with van der Waals surface area (Å²) in [6.07, 6.45) is 10.4. The minimum absolute atomic E-state index is 0.224. The highest BCUT2D eigenvalue weighted by atomic mass is 35.5. The molecule has 1 aromatic carbocycles. The van der Waals surface area contributed by atoms with Crippen LogP contribution in [0.1, 0.15) is 31.2 Å². The summed E-state index contributed by atoms with van der Waals surface area (Å²) in [5.41, 5.74) is 2.09. The van der Waals surface area contributed by atoms with Gasteiger partial charge in [0.1, 0.15) is 0 Å². The molecule has 0 aliphatic heterocycles. The fourth-order valence-corrected chi connectivity index (χ4v) is 2.51. The SMILES string of the molecule is C/C=C\C(=C/C#CCC)C(Cl)c1cccc2cnccc12. The van der Waals surface area contributed by atoms with Gasteiger partial charge in [0, 0.05) is 24.2 Å². The third-order valence-electron chi connectivity index (χ3n) is 3.16. The van der Waals surface area contributed by atoms with Gasteiger partial charge in [0.05, 0.1) is 5.38 Å². The molecule has 0 bridgehead atoms. The number of hydrogen-bond acceptors (Lipinski definition) is 1. The van der Waals surface area contributed by atoms with Crippen LogP contribution in [-0.4, -0.2) is 4.98 Å². The fourth-order valence-electron chi connectivity index (χ4n) is 2.18. The third-order valence-corrected chi connectivity index (χ3v) is 3.64. The number of hydrogen-bond donors (Lipinski definition) is 0. The molecule has 106 valence electrons. The monoisotopic (exact) mass is 295 g/mol. The Kier molecular flexibility index (Phi) is 5.60. The number of pyridine rings is 1. The summed E-state index contributed by atoms with van der Waals surface area (Å²) in [5, 5.41) is 2.00. The van der Waals surface area contributed by atoms with Crippen LogP contribution in [-0.2, 0) is 0 Å². The van der Waals surface area contributed by atoms with Gasteiger partial charge in [-0.25, -0.2) is 0 Å². The predicted octanol–water partition coefficient (Wildman–Crippen LogP) is 5.43. The number of fused-ring (bicyclic) bond motifs is 1. The molecule has 0 amide bonds. The van der Waals surface area contributed by atoms with Crippen molar-refractivity contribution in [3.8, 4) is 11.8 Å². The molecule has 0 saturated carbocycles. The molecule has 0 aliphatic rings. The molecule has 0 N–H and O–H groups in total. The molecule has 2 aromatic rings. The van der Waals surface area contributed by atoms with Gasteiger partial charge in [-0.3, -0.25) is 4.98 Å². The maximum atomic E-state index is 6.70. The maximum absolute atomic E-state index is 6.70. The van der Waals surface area contributed by atoms with Crippen molar-refractivity contribution < 1.29 is 0 Å². The van der Waals surface area contributed by atoms with Gasteiger partial charge in [-0.15, -0.1) is 11.6 Å². The highest BCUT2D eigenvalue weighted by Gasteiger charge is 2.14. The van der Waals surface area contributed by atoms with Crippen LogP contribution in [0.5, 0.6) is 0 Å². The highest BCUT2D eigenvalue weighted by molar-refractivity contribution is 6.23. The van der Waals surface area contributed by atoms with Crippen molar-refractivity contribution >= 4 is 22.4 Å². The quantitative estimate of drug-likeness (QED) is 0.418. The minimum Gasteiger partial charge on any atom is -0.264 e. The van der Waals surface area contributed by atoms with Crippen molar-refractivity contribution in [2.75, 3.05) is 0 Å². The van der Waals surface area contributed by atoms with E-state index in [4.69, 9.17) is 11.6 Å². The molecule has 0 aliphatic carbocycles. The maximum Gasteiger partial charge on any atom is 0.0847 e. The summed E-state index contributed by atoms with van der Waals surface area (Å²) in [4.78, 5) is 4.16. The lowest BCUT2D eigenvalue weighted by atomic mass is 9.98. The van der Waals surface area contributed by atoms with E-state index in [1.165, 1.54) is 0 Å². The first-order valence-electron chi connectivity index (χ1n) is 7.05. The largest absolute Gasteiger partial charge is 0.264 e. The van der Waals surface area contributed by atoms with Crippen LogP contribution >= 0.6 is 11.6 Å². The van der Waals surface area contributed by atoms with Gasteiger partial charge in [0.15, 0.2) is 0 Å². The lowest BCUT2D eigenvalue weighted by Gasteiger charge is -2.13. The zero-order valence-corrected chi connectivity index (χ0v) is 13.1. The predicted molar refractivity (Wildman–Crippen MR) is 91.3 cm³/mol. The van der Waals surface area contributed by atoms with Crippen molar-refractivity contribution in [3.63, 3.8) is 0 Å². The first kappa shape index (κ1) is 15.4. The molecule has 21 heavy (non-hydrogen) atoms. The zero-order valence-electron chi connectivity index (χ0n) is 12.3. The Morgan fingerprint density at radius 3 is 3.00 bits per heavy atom. The van der Waals surface area contributed by atoms with Crippen molar-refractivity contribution in [3.05, 3.63) is 66.0 Å². The van der Waals surface area contributed by atoms with E-state index in [1.807, 2.05) is 56.5 Å². The second kappa shape index (κ2) is 7.67. The standard InChI is InChI=1S/C19H18ClN/c1-3-5-6-9-15(8-4-2)19(20)18-11-7-10-16-14-21-13-12-17(16)18/h4,7-14,19H,3H2,1-2H3/b8-4-,15-9+. The van der Waals surface area contributed by atoms with Gasteiger partial charge in [-0.05, 0) is 35.6 Å². The van der Waals surface area contributed by atoms with Crippen molar-refractivity contribution in [2.45, 2.75) is 25.6 Å². The molecule has 0 spiro atoms. The first-order valence-corrected chi connectivity index (χ1v) is 7.49. The van der Waals surface area contributed by atoms with E-state index in [9.17, 15) is 0 Å². The summed E-state index contributed by atoms with van der Waals surface area (Å²) in [5.74, 6) is 6.11. The smallest absolute Gasteiger partial charge is 0.0847 e. The van der Waals surface area contributed by atoms with Gasteiger partial charge in [0.25, 0.3) is 0 Å². The molecule has 1 nitrogen and oxygen atoms in total. The van der Waals surface area contributed by atoms with Crippen LogP contribution in [0.25, 0.3) is 10.8 Å². The summed E-state index contributed by atoms with van der Waals surface area (Å²) >= 11 is 6.70. The summed E-state index contributed by atoms with van der Waals surface area (Å²) in [7, 11) is 0. The van der Waals surface area contributed by atoms with Crippen LogP contribution in [0, 0.1) is 11.8 Å². The van der Waals surface area contributed by atoms with E-state index >= 15 is 0 Å². The number of benzene rings is 1. The van der Waals surface area contributed by atoms with Crippen LogP contribution in [0.4, 0.5) is 0 Å². The Balaban J connectivity index is 2.48. The molecule has 2 rings (SSSR count). The molecule has 1 atom stereocenters. The Hall–Kier alpha value is -2.04. The second-order valence-corrected chi connectivity index (χ2v) is 5.06. The normalized spacial score (nSPS) is 13.2. The topological polar surface area (TPSA) is 12.9 Å². The van der Waals surface area contributed by atoms with Crippen LogP contribution in [0.15, 0.2) is 60.5 Å². The molecular weight excluding hydrogens is 278 g/mol. The number of alkyl halides is 1. The third kappa shape index (κ3) is 3.74. The van der Waals surface area contributed by atoms with Crippen molar-refractivity contribution in [1.29, 1.82) is 0 Å². The molecule has 1 unspecified atom stereocenters. The molecular formula is C19H18ClN. The summed E-state index contributed by atoms with van der Waals surface area (Å²) in [6.45, 7) is 4.02. The van der Waals surface area contributed by atoms with Crippen LogP contribution in [0.2, 0.25) is 0 Å². The van der Waals surface area contributed by atoms with E-state index in [1.54, 1.807) is 6.20 Å². The zero-order chi connectivity index (χ0) is 15.1. The number of aromatic nitrogens is 1. The molecule has 0 saturated heterocycles. The Morgan fingerprint density at radius 1 is 1.38 bits per heavy atom. The van der Waals surface area contributed by atoms with E-state index < -0.39 is 0 Å². The number of nitrogens with zero attached hydrogens (tertiary/aromatic N) is 1. The van der Waals surface area contributed by atoms with Gasteiger partial charge in [-0.1, -0.05) is 49.1 Å². The van der Waals surface area contributed by atoms with Gasteiger partial charge in [-0.2, -0.15) is 0 Å². The van der Waals surface area contributed by atoms with Gasteiger partial charge < -0.3 is 0 Å². The Labute approximate surface area is 131 Å². The van der Waals surface area contributed by atoms with E-state index in [2.05, 4.69) is 22.9 Å².